The molecule has 5 aliphatic carbocycles. The molecule has 1 heterocycles. The van der Waals surface area contributed by atoms with Crippen LogP contribution in [0.5, 0.6) is 5.75 Å². The Morgan fingerprint density at radius 3 is 2.36 bits per heavy atom. The maximum absolute atomic E-state index is 13.5. The van der Waals surface area contributed by atoms with Crippen LogP contribution >= 0.6 is 0 Å². The number of aliphatic hydroxyl groups excluding tert-OH is 1. The third-order valence-electron chi connectivity index (χ3n) is 15.2. The van der Waals surface area contributed by atoms with Crippen molar-refractivity contribution >= 4 is 18.0 Å². The van der Waals surface area contributed by atoms with Gasteiger partial charge in [0.1, 0.15) is 11.9 Å². The van der Waals surface area contributed by atoms with E-state index in [9.17, 15) is 24.9 Å². The van der Waals surface area contributed by atoms with Crippen LogP contribution in [0.2, 0.25) is 0 Å². The lowest BCUT2D eigenvalue weighted by molar-refractivity contribution is -0.220. The molecule has 3 N–H and O–H groups in total. The molecule has 6 heteroatoms. The molecule has 3 unspecified atom stereocenters. The summed E-state index contributed by atoms with van der Waals surface area (Å²) in [5, 5.41) is 32.3. The molecule has 0 spiro atoms. The molecule has 1 aliphatic heterocycles. The zero-order chi connectivity index (χ0) is 31.6. The fourth-order valence-corrected chi connectivity index (χ4v) is 12.5. The quantitative estimate of drug-likeness (QED) is 0.185. The number of esters is 1. The molecular weight excluding hydrogens is 552 g/mol. The highest BCUT2D eigenvalue weighted by molar-refractivity contribution is 5.98. The van der Waals surface area contributed by atoms with Crippen LogP contribution in [0.4, 0.5) is 0 Å². The maximum atomic E-state index is 13.5. The first-order valence-corrected chi connectivity index (χ1v) is 17.0. The zero-order valence-electron chi connectivity index (χ0n) is 27.2. The highest BCUT2D eigenvalue weighted by Gasteiger charge is 2.73. The van der Waals surface area contributed by atoms with Gasteiger partial charge in [-0.3, -0.25) is 4.79 Å². The zero-order valence-corrected chi connectivity index (χ0v) is 27.2. The molecule has 1 aromatic rings. The molecule has 238 valence electrons. The second-order valence-corrected chi connectivity index (χ2v) is 16.6. The molecule has 7 rings (SSSR count). The first-order chi connectivity index (χ1) is 20.6. The predicted octanol–water partition coefficient (Wildman–Crippen LogP) is 7.39. The van der Waals surface area contributed by atoms with Gasteiger partial charge in [0.05, 0.1) is 11.5 Å². The van der Waals surface area contributed by atoms with Crippen molar-refractivity contribution in [1.82, 2.24) is 0 Å². The maximum Gasteiger partial charge on any atom is 0.335 e. The Balaban J connectivity index is 1.32. The van der Waals surface area contributed by atoms with Crippen molar-refractivity contribution in [3.63, 3.8) is 0 Å². The van der Waals surface area contributed by atoms with Crippen LogP contribution in [0.25, 0.3) is 6.08 Å². The van der Waals surface area contributed by atoms with Gasteiger partial charge in [-0.05, 0) is 121 Å². The first-order valence-electron chi connectivity index (χ1n) is 17.0. The van der Waals surface area contributed by atoms with Crippen molar-refractivity contribution in [3.8, 4) is 5.75 Å². The summed E-state index contributed by atoms with van der Waals surface area (Å²) in [5.41, 5.74) is 1.13. The first kappa shape index (κ1) is 30.1. The fourth-order valence-electron chi connectivity index (χ4n) is 12.5. The van der Waals surface area contributed by atoms with Gasteiger partial charge in [-0.15, -0.1) is 0 Å². The third kappa shape index (κ3) is 3.58. The van der Waals surface area contributed by atoms with Crippen molar-refractivity contribution in [2.24, 2.45) is 56.7 Å². The normalized spacial score (nSPS) is 50.3. The van der Waals surface area contributed by atoms with Crippen LogP contribution in [0.3, 0.4) is 0 Å². The number of hydrogen-bond acceptors (Lipinski definition) is 5. The molecule has 1 aromatic carbocycles. The summed E-state index contributed by atoms with van der Waals surface area (Å²) in [4.78, 5) is 26.5. The van der Waals surface area contributed by atoms with Gasteiger partial charge in [-0.1, -0.05) is 65.3 Å². The van der Waals surface area contributed by atoms with Gasteiger partial charge in [0.2, 0.25) is 0 Å². The van der Waals surface area contributed by atoms with E-state index >= 15 is 0 Å². The summed E-state index contributed by atoms with van der Waals surface area (Å²) in [7, 11) is 0. The molecule has 1 saturated heterocycles. The van der Waals surface area contributed by atoms with Crippen LogP contribution in [0.15, 0.2) is 41.5 Å². The van der Waals surface area contributed by atoms with Crippen LogP contribution in [0.1, 0.15) is 98.5 Å². The third-order valence-corrected chi connectivity index (χ3v) is 15.2. The Morgan fingerprint density at radius 1 is 0.977 bits per heavy atom. The number of hydrogen-bond donors (Lipinski definition) is 3. The topological polar surface area (TPSA) is 104 Å². The van der Waals surface area contributed by atoms with Gasteiger partial charge in [-0.2, -0.15) is 0 Å². The van der Waals surface area contributed by atoms with Crippen molar-refractivity contribution in [3.05, 3.63) is 47.1 Å². The summed E-state index contributed by atoms with van der Waals surface area (Å²) in [6.07, 6.45) is 9.77. The van der Waals surface area contributed by atoms with Gasteiger partial charge in [-0.25, -0.2) is 4.79 Å². The Morgan fingerprint density at radius 2 is 1.68 bits per heavy atom. The number of carbonyl (C=O) groups is 2. The molecule has 6 nitrogen and oxygen atoms in total. The number of carboxylic acids is 1. The standard InChI is InChI=1S/C38H50O6/c1-21-13-16-38(33(42)43)18-17-35(4)25(30(38)22(21)2)11-12-28-34(3)20-27(40)31-37(6,29(34)14-15-36(28,35)5)26(32(41)44-31)19-23-7-9-24(39)10-8-23/h7-11,19,21-22,27-31,39-40H,12-18,20H2,1-6H3,(H,42,43)/b26-19-/t21-,22+,27-,28?,29?,30+,31-,34?,35-,36-,37+,38+/m1/s1. The molecule has 0 radical (unpaired) electrons. The molecule has 5 fully saturated rings. The van der Waals surface area contributed by atoms with Crippen LogP contribution in [-0.2, 0) is 14.3 Å². The van der Waals surface area contributed by atoms with E-state index in [-0.39, 0.29) is 45.7 Å². The lowest BCUT2D eigenvalue weighted by Crippen LogP contribution is -2.67. The van der Waals surface area contributed by atoms with Gasteiger partial charge >= 0.3 is 11.9 Å². The van der Waals surface area contributed by atoms with Crippen molar-refractivity contribution in [2.75, 3.05) is 0 Å². The Kier molecular flexibility index (Phi) is 6.47. The van der Waals surface area contributed by atoms with Crippen molar-refractivity contribution < 1.29 is 29.6 Å². The van der Waals surface area contributed by atoms with Gasteiger partial charge in [0.25, 0.3) is 0 Å². The lowest BCUT2D eigenvalue weighted by Gasteiger charge is -2.71. The number of aromatic hydroxyl groups is 1. The van der Waals surface area contributed by atoms with Crippen molar-refractivity contribution in [2.45, 2.75) is 105 Å². The number of aliphatic carboxylic acids is 1. The molecular formula is C38H50O6. The fraction of sp³-hybridized carbons (Fsp3) is 0.684. The highest BCUT2D eigenvalue weighted by atomic mass is 16.6. The summed E-state index contributed by atoms with van der Waals surface area (Å²) in [6, 6.07) is 6.87. The predicted molar refractivity (Wildman–Crippen MR) is 168 cm³/mol. The monoisotopic (exact) mass is 602 g/mol. The smallest absolute Gasteiger partial charge is 0.335 e. The molecule has 6 aliphatic rings. The van der Waals surface area contributed by atoms with E-state index < -0.39 is 29.0 Å². The van der Waals surface area contributed by atoms with Gasteiger partial charge in [0, 0.05) is 11.0 Å². The number of aliphatic hydroxyl groups is 1. The number of allylic oxidation sites excluding steroid dienone is 2. The van der Waals surface area contributed by atoms with Gasteiger partial charge < -0.3 is 20.1 Å². The number of benzene rings is 1. The van der Waals surface area contributed by atoms with E-state index in [1.165, 1.54) is 5.57 Å². The van der Waals surface area contributed by atoms with E-state index in [4.69, 9.17) is 4.74 Å². The molecule has 4 saturated carbocycles. The highest BCUT2D eigenvalue weighted by Crippen LogP contribution is 2.77. The Labute approximate surface area is 262 Å². The van der Waals surface area contributed by atoms with E-state index in [1.54, 1.807) is 12.1 Å². The molecule has 0 aromatic heterocycles. The average Bonchev–Trinajstić information content (AvgIpc) is 3.22. The molecule has 44 heavy (non-hydrogen) atoms. The summed E-state index contributed by atoms with van der Waals surface area (Å²) >= 11 is 0. The number of carbonyl (C=O) groups excluding carboxylic acids is 1. The Hall–Kier alpha value is -2.60. The minimum Gasteiger partial charge on any atom is -0.508 e. The van der Waals surface area contributed by atoms with Crippen LogP contribution in [-0.4, -0.2) is 39.5 Å². The van der Waals surface area contributed by atoms with E-state index in [2.05, 4.69) is 47.6 Å². The summed E-state index contributed by atoms with van der Waals surface area (Å²) in [6.45, 7) is 14.0. The number of ether oxygens (including phenoxy) is 1. The SMILES string of the molecule is C[C@H]1[C@H](C)CC[C@]2(C(=O)O)CC[C@]3(C)C(=CCC4C5(C)C[C@@H](O)[C@H]6OC(=O)/C(=C/c7ccc(O)cc7)[C@@]6(C)C5CC[C@]43C)[C@H]12. The van der Waals surface area contributed by atoms with Gasteiger partial charge in [0.15, 0.2) is 0 Å². The Bertz CT molecular complexity index is 1460. The number of rotatable bonds is 2. The second-order valence-electron chi connectivity index (χ2n) is 16.6. The molecule has 12 atom stereocenters. The molecule has 0 amide bonds. The number of phenolic OH excluding ortho intramolecular Hbond substituents is 1. The average molecular weight is 603 g/mol. The number of phenols is 1. The lowest BCUT2D eigenvalue weighted by atomic mass is 9.33. The minimum atomic E-state index is -0.762. The summed E-state index contributed by atoms with van der Waals surface area (Å²) in [5.74, 6) is 0.528. The largest absolute Gasteiger partial charge is 0.508 e. The summed E-state index contributed by atoms with van der Waals surface area (Å²) < 4.78 is 5.99. The van der Waals surface area contributed by atoms with Crippen LogP contribution in [0, 0.1) is 56.7 Å². The number of fused-ring (bicyclic) bond motifs is 9. The van der Waals surface area contributed by atoms with E-state index in [0.29, 0.717) is 23.8 Å². The minimum absolute atomic E-state index is 0.0549. The van der Waals surface area contributed by atoms with Crippen molar-refractivity contribution in [1.29, 1.82) is 0 Å². The number of carboxylic acid groups (broad SMARTS) is 1. The van der Waals surface area contributed by atoms with E-state index in [1.807, 2.05) is 18.2 Å². The second kappa shape index (κ2) is 9.47. The van der Waals surface area contributed by atoms with Crippen LogP contribution < -0.4 is 0 Å². The molecule has 0 bridgehead atoms. The van der Waals surface area contributed by atoms with E-state index in [0.717, 1.165) is 50.5 Å².